The van der Waals surface area contributed by atoms with Crippen LogP contribution in [-0.2, 0) is 0 Å². The van der Waals surface area contributed by atoms with E-state index in [0.717, 1.165) is 17.8 Å². The van der Waals surface area contributed by atoms with Crippen LogP contribution < -0.4 is 0 Å². The molecule has 1 fully saturated rings. The highest BCUT2D eigenvalue weighted by atomic mass is 14.4. The van der Waals surface area contributed by atoms with Gasteiger partial charge in [-0.2, -0.15) is 0 Å². The fourth-order valence-corrected chi connectivity index (χ4v) is 2.27. The van der Waals surface area contributed by atoms with E-state index in [-0.39, 0.29) is 0 Å². The van der Waals surface area contributed by atoms with Gasteiger partial charge in [0.25, 0.3) is 0 Å². The van der Waals surface area contributed by atoms with Gasteiger partial charge < -0.3 is 0 Å². The Balaban J connectivity index is 2.06. The minimum atomic E-state index is 0.995. The molecule has 0 aliphatic heterocycles. The van der Waals surface area contributed by atoms with E-state index in [9.17, 15) is 0 Å². The van der Waals surface area contributed by atoms with Crippen molar-refractivity contribution in [2.24, 2.45) is 17.8 Å². The Hall–Kier alpha value is -0.260. The average Bonchev–Trinajstić information content (AvgIpc) is 2.07. The van der Waals surface area contributed by atoms with Crippen molar-refractivity contribution in [3.05, 3.63) is 12.2 Å². The van der Waals surface area contributed by atoms with E-state index < -0.39 is 0 Å². The fourth-order valence-electron chi connectivity index (χ4n) is 2.27. The summed E-state index contributed by atoms with van der Waals surface area (Å²) >= 11 is 0. The molecule has 0 heterocycles. The molecule has 3 atom stereocenters. The van der Waals surface area contributed by atoms with Crippen LogP contribution in [0.5, 0.6) is 0 Å². The predicted octanol–water partition coefficient (Wildman–Crippen LogP) is 2.61. The van der Waals surface area contributed by atoms with Crippen LogP contribution in [-0.4, -0.2) is 0 Å². The summed E-state index contributed by atoms with van der Waals surface area (Å²) in [4.78, 5) is 0. The van der Waals surface area contributed by atoms with Gasteiger partial charge >= 0.3 is 0 Å². The molecule has 0 saturated heterocycles. The average molecular weight is 122 g/mol. The van der Waals surface area contributed by atoms with Crippen molar-refractivity contribution in [1.29, 1.82) is 0 Å². The van der Waals surface area contributed by atoms with Gasteiger partial charge in [-0.15, -0.1) is 0 Å². The minimum Gasteiger partial charge on any atom is -0.0845 e. The summed E-state index contributed by atoms with van der Waals surface area (Å²) in [6.07, 6.45) is 9.15. The molecule has 0 aromatic rings. The molecule has 0 nitrogen and oxygen atoms in total. The summed E-state index contributed by atoms with van der Waals surface area (Å²) in [6, 6.07) is 0. The third kappa shape index (κ3) is 0.654. The number of hydrogen-bond donors (Lipinski definition) is 0. The molecule has 50 valence electrons. The summed E-state index contributed by atoms with van der Waals surface area (Å²) in [6.45, 7) is 2.32. The van der Waals surface area contributed by atoms with Gasteiger partial charge in [0, 0.05) is 0 Å². The summed E-state index contributed by atoms with van der Waals surface area (Å²) in [5.74, 6) is 3.03. The molecule has 0 N–H and O–H groups in total. The van der Waals surface area contributed by atoms with E-state index in [1.54, 1.807) is 0 Å². The van der Waals surface area contributed by atoms with Gasteiger partial charge in [-0.3, -0.25) is 0 Å². The molecule has 0 radical (unpaired) electrons. The molecule has 2 rings (SSSR count). The molecule has 1 saturated carbocycles. The van der Waals surface area contributed by atoms with Gasteiger partial charge in [-0.25, -0.2) is 0 Å². The Labute approximate surface area is 57.0 Å². The normalized spacial score (nSPS) is 46.6. The Morgan fingerprint density at radius 2 is 2.22 bits per heavy atom. The van der Waals surface area contributed by atoms with Gasteiger partial charge in [0.15, 0.2) is 0 Å². The highest BCUT2D eigenvalue weighted by Crippen LogP contribution is 2.45. The van der Waals surface area contributed by atoms with Crippen LogP contribution in [0.2, 0.25) is 0 Å². The van der Waals surface area contributed by atoms with Crippen LogP contribution >= 0.6 is 0 Å². The molecule has 0 spiro atoms. The zero-order valence-corrected chi connectivity index (χ0v) is 6.01. The number of rotatable bonds is 1. The van der Waals surface area contributed by atoms with Crippen LogP contribution in [0.1, 0.15) is 26.2 Å². The molecule has 0 aromatic heterocycles. The molecule has 9 heavy (non-hydrogen) atoms. The maximum Gasteiger partial charge on any atom is -0.0142 e. The third-order valence-electron chi connectivity index (χ3n) is 3.01. The molecule has 0 amide bonds. The smallest absolute Gasteiger partial charge is 0.0142 e. The molecule has 0 bridgehead atoms. The number of allylic oxidation sites excluding steroid dienone is 2. The van der Waals surface area contributed by atoms with Gasteiger partial charge in [0.2, 0.25) is 0 Å². The fraction of sp³-hybridized carbons (Fsp3) is 0.778. The lowest BCUT2D eigenvalue weighted by molar-refractivity contribution is 0.379. The first-order valence-corrected chi connectivity index (χ1v) is 4.10. The van der Waals surface area contributed by atoms with Crippen molar-refractivity contribution in [3.8, 4) is 0 Å². The summed E-state index contributed by atoms with van der Waals surface area (Å²) in [7, 11) is 0. The van der Waals surface area contributed by atoms with Crippen LogP contribution in [0.3, 0.4) is 0 Å². The first kappa shape index (κ1) is 5.52. The zero-order valence-electron chi connectivity index (χ0n) is 6.01. The van der Waals surface area contributed by atoms with Crippen molar-refractivity contribution in [1.82, 2.24) is 0 Å². The highest BCUT2D eigenvalue weighted by Gasteiger charge is 2.36. The van der Waals surface area contributed by atoms with Crippen molar-refractivity contribution >= 4 is 0 Å². The summed E-state index contributed by atoms with van der Waals surface area (Å²) < 4.78 is 0. The Bertz CT molecular complexity index is 135. The van der Waals surface area contributed by atoms with Gasteiger partial charge in [0.05, 0.1) is 0 Å². The minimum absolute atomic E-state index is 0.995. The van der Waals surface area contributed by atoms with Gasteiger partial charge in [0.1, 0.15) is 0 Å². The van der Waals surface area contributed by atoms with E-state index in [0.29, 0.717) is 0 Å². The Morgan fingerprint density at radius 3 is 2.56 bits per heavy atom. The first-order chi connectivity index (χ1) is 4.42. The topological polar surface area (TPSA) is 0 Å². The molecule has 2 aliphatic carbocycles. The maximum atomic E-state index is 2.41. The summed E-state index contributed by atoms with van der Waals surface area (Å²) in [5.41, 5.74) is 0. The van der Waals surface area contributed by atoms with E-state index in [4.69, 9.17) is 0 Å². The molecular weight excluding hydrogens is 108 g/mol. The SMILES string of the molecule is CCC1CCC2C=CC21. The molecule has 0 heteroatoms. The van der Waals surface area contributed by atoms with E-state index in [1.165, 1.54) is 19.3 Å². The summed E-state index contributed by atoms with van der Waals surface area (Å²) in [5, 5.41) is 0. The highest BCUT2D eigenvalue weighted by molar-refractivity contribution is 5.14. The Kier molecular flexibility index (Phi) is 1.14. The van der Waals surface area contributed by atoms with Crippen molar-refractivity contribution in [2.45, 2.75) is 26.2 Å². The molecule has 3 unspecified atom stereocenters. The van der Waals surface area contributed by atoms with Crippen LogP contribution in [0.15, 0.2) is 12.2 Å². The van der Waals surface area contributed by atoms with E-state index in [2.05, 4.69) is 19.1 Å². The van der Waals surface area contributed by atoms with Crippen LogP contribution in [0.25, 0.3) is 0 Å². The van der Waals surface area contributed by atoms with Crippen LogP contribution in [0.4, 0.5) is 0 Å². The zero-order chi connectivity index (χ0) is 6.27. The monoisotopic (exact) mass is 122 g/mol. The Morgan fingerprint density at radius 1 is 1.33 bits per heavy atom. The van der Waals surface area contributed by atoms with Crippen molar-refractivity contribution < 1.29 is 0 Å². The quantitative estimate of drug-likeness (QED) is 0.469. The first-order valence-electron chi connectivity index (χ1n) is 4.10. The lowest BCUT2D eigenvalue weighted by atomic mass is 9.80. The third-order valence-corrected chi connectivity index (χ3v) is 3.01. The van der Waals surface area contributed by atoms with E-state index in [1.807, 2.05) is 0 Å². The standard InChI is InChI=1S/C9H14/c1-2-7-3-4-8-5-6-9(7)8/h5-9H,2-4H2,1H3. The van der Waals surface area contributed by atoms with Crippen molar-refractivity contribution in [3.63, 3.8) is 0 Å². The second-order valence-electron chi connectivity index (χ2n) is 3.37. The maximum absolute atomic E-state index is 2.41. The molecule has 0 aromatic carbocycles. The second-order valence-corrected chi connectivity index (χ2v) is 3.37. The van der Waals surface area contributed by atoms with Gasteiger partial charge in [-0.1, -0.05) is 25.5 Å². The number of fused-ring (bicyclic) bond motifs is 1. The largest absolute Gasteiger partial charge is 0.0845 e. The second kappa shape index (κ2) is 1.86. The van der Waals surface area contributed by atoms with E-state index >= 15 is 0 Å². The lowest BCUT2D eigenvalue weighted by Crippen LogP contribution is -2.17. The number of hydrogen-bond acceptors (Lipinski definition) is 0. The predicted molar refractivity (Wildman–Crippen MR) is 39.1 cm³/mol. The molecular formula is C9H14. The van der Waals surface area contributed by atoms with Crippen molar-refractivity contribution in [2.75, 3.05) is 0 Å². The molecule has 2 aliphatic rings. The van der Waals surface area contributed by atoms with Crippen LogP contribution in [0, 0.1) is 17.8 Å². The van der Waals surface area contributed by atoms with Gasteiger partial charge in [-0.05, 0) is 30.6 Å². The lowest BCUT2D eigenvalue weighted by Gasteiger charge is -2.25.